The van der Waals surface area contributed by atoms with Crippen LogP contribution in [0, 0.1) is 10.1 Å². The van der Waals surface area contributed by atoms with Crippen molar-refractivity contribution in [1.29, 1.82) is 0 Å². The molecule has 1 N–H and O–H groups in total. The maximum absolute atomic E-state index is 12.5. The van der Waals surface area contributed by atoms with Gasteiger partial charge in [-0.05, 0) is 18.2 Å². The molecule has 0 atom stereocenters. The Morgan fingerprint density at radius 3 is 2.07 bits per heavy atom. The number of esters is 2. The van der Waals surface area contributed by atoms with Crippen molar-refractivity contribution in [3.8, 4) is 0 Å². The summed E-state index contributed by atoms with van der Waals surface area (Å²) in [6.45, 7) is 0. The highest BCUT2D eigenvalue weighted by molar-refractivity contribution is 7.91. The van der Waals surface area contributed by atoms with Gasteiger partial charge in [-0.1, -0.05) is 18.2 Å². The monoisotopic (exact) mass is 408 g/mol. The zero-order chi connectivity index (χ0) is 20.9. The van der Waals surface area contributed by atoms with E-state index in [1.165, 1.54) is 42.5 Å². The zero-order valence-corrected chi connectivity index (χ0v) is 15.7. The van der Waals surface area contributed by atoms with Crippen LogP contribution in [-0.4, -0.2) is 39.5 Å². The number of benzene rings is 2. The van der Waals surface area contributed by atoms with E-state index in [0.717, 1.165) is 14.2 Å². The Kier molecular flexibility index (Phi) is 6.31. The van der Waals surface area contributed by atoms with Crippen LogP contribution < -0.4 is 4.72 Å². The van der Waals surface area contributed by atoms with Crippen LogP contribution in [-0.2, 0) is 25.2 Å². The Morgan fingerprint density at radius 2 is 1.57 bits per heavy atom. The fraction of sp³-hybridized carbons (Fsp3) is 0.176. The molecule has 2 aromatic rings. The molecule has 0 fully saturated rings. The van der Waals surface area contributed by atoms with Gasteiger partial charge in [0.25, 0.3) is 5.69 Å². The van der Waals surface area contributed by atoms with Crippen LogP contribution in [0.4, 0.5) is 11.4 Å². The van der Waals surface area contributed by atoms with Gasteiger partial charge in [0.15, 0.2) is 0 Å². The Bertz CT molecular complexity index is 999. The van der Waals surface area contributed by atoms with Crippen molar-refractivity contribution in [2.24, 2.45) is 0 Å². The third kappa shape index (κ3) is 5.04. The largest absolute Gasteiger partial charge is 0.465 e. The van der Waals surface area contributed by atoms with Crippen LogP contribution in [0.3, 0.4) is 0 Å². The molecule has 0 saturated heterocycles. The van der Waals surface area contributed by atoms with Crippen molar-refractivity contribution in [1.82, 2.24) is 0 Å². The standard InChI is InChI=1S/C17H16N2O8S/c1-26-16(20)12-7-13(17(21)27-2)9-14(8-12)18-28(24,25)10-11-5-3-4-6-15(11)19(22)23/h3-9,18H,10H2,1-2H3. The number of hydrogen-bond acceptors (Lipinski definition) is 8. The van der Waals surface area contributed by atoms with Gasteiger partial charge in [-0.3, -0.25) is 14.8 Å². The summed E-state index contributed by atoms with van der Waals surface area (Å²) in [5.74, 6) is -2.25. The fourth-order valence-electron chi connectivity index (χ4n) is 2.39. The van der Waals surface area contributed by atoms with E-state index < -0.39 is 32.6 Å². The smallest absolute Gasteiger partial charge is 0.337 e. The minimum absolute atomic E-state index is 0.0164. The van der Waals surface area contributed by atoms with Crippen molar-refractivity contribution in [2.45, 2.75) is 5.75 Å². The molecule has 2 rings (SSSR count). The molecule has 0 aliphatic rings. The van der Waals surface area contributed by atoms with Gasteiger partial charge in [0, 0.05) is 11.6 Å². The third-order valence-electron chi connectivity index (χ3n) is 3.58. The van der Waals surface area contributed by atoms with Gasteiger partial charge in [0.05, 0.1) is 36.0 Å². The summed E-state index contributed by atoms with van der Waals surface area (Å²) in [5, 5.41) is 11.1. The lowest BCUT2D eigenvalue weighted by Crippen LogP contribution is -2.17. The van der Waals surface area contributed by atoms with E-state index in [1.54, 1.807) is 0 Å². The lowest BCUT2D eigenvalue weighted by atomic mass is 10.1. The highest BCUT2D eigenvalue weighted by atomic mass is 32.2. The first-order chi connectivity index (χ1) is 13.2. The Morgan fingerprint density at radius 1 is 1.04 bits per heavy atom. The van der Waals surface area contributed by atoms with Gasteiger partial charge in [-0.25, -0.2) is 18.0 Å². The minimum atomic E-state index is -4.10. The molecule has 0 heterocycles. The quantitative estimate of drug-likeness (QED) is 0.417. The summed E-state index contributed by atoms with van der Waals surface area (Å²) in [6.07, 6.45) is 0. The minimum Gasteiger partial charge on any atom is -0.465 e. The van der Waals surface area contributed by atoms with Crippen LogP contribution in [0.2, 0.25) is 0 Å². The predicted molar refractivity (Wildman–Crippen MR) is 98.5 cm³/mol. The number of para-hydroxylation sites is 1. The molecule has 0 radical (unpaired) electrons. The summed E-state index contributed by atoms with van der Waals surface area (Å²) >= 11 is 0. The number of nitro groups is 1. The molecular formula is C17H16N2O8S. The number of sulfonamides is 1. The number of anilines is 1. The van der Waals surface area contributed by atoms with Gasteiger partial charge in [-0.15, -0.1) is 0 Å². The van der Waals surface area contributed by atoms with Crippen LogP contribution in [0.1, 0.15) is 26.3 Å². The molecular weight excluding hydrogens is 392 g/mol. The number of carbonyl (C=O) groups is 2. The molecule has 10 nitrogen and oxygen atoms in total. The molecule has 2 aromatic carbocycles. The van der Waals surface area contributed by atoms with Crippen LogP contribution >= 0.6 is 0 Å². The molecule has 0 unspecified atom stereocenters. The first-order valence-corrected chi connectivity index (χ1v) is 9.36. The number of rotatable bonds is 7. The maximum Gasteiger partial charge on any atom is 0.337 e. The highest BCUT2D eigenvalue weighted by Gasteiger charge is 2.21. The molecule has 28 heavy (non-hydrogen) atoms. The first kappa shape index (κ1) is 20.8. The summed E-state index contributed by atoms with van der Waals surface area (Å²) in [6, 6.07) is 8.96. The topological polar surface area (TPSA) is 142 Å². The van der Waals surface area contributed by atoms with Crippen LogP contribution in [0.25, 0.3) is 0 Å². The van der Waals surface area contributed by atoms with E-state index in [2.05, 4.69) is 14.2 Å². The number of carbonyl (C=O) groups excluding carboxylic acids is 2. The average Bonchev–Trinajstić information content (AvgIpc) is 2.65. The second-order valence-electron chi connectivity index (χ2n) is 5.53. The SMILES string of the molecule is COC(=O)c1cc(NS(=O)(=O)Cc2ccccc2[N+](=O)[O-])cc(C(=O)OC)c1. The Hall–Kier alpha value is -3.47. The number of nitrogens with one attached hydrogen (secondary N) is 1. The second-order valence-corrected chi connectivity index (χ2v) is 7.25. The van der Waals surface area contributed by atoms with Gasteiger partial charge >= 0.3 is 11.9 Å². The maximum atomic E-state index is 12.5. The molecule has 0 aliphatic heterocycles. The molecule has 0 aromatic heterocycles. The zero-order valence-electron chi connectivity index (χ0n) is 14.9. The molecule has 0 aliphatic carbocycles. The molecule has 0 bridgehead atoms. The van der Waals surface area contributed by atoms with Gasteiger partial charge in [0.2, 0.25) is 10.0 Å². The summed E-state index contributed by atoms with van der Waals surface area (Å²) in [4.78, 5) is 33.9. The van der Waals surface area contributed by atoms with Crippen molar-refractivity contribution in [3.05, 3.63) is 69.3 Å². The summed E-state index contributed by atoms with van der Waals surface area (Å²) in [7, 11) is -1.84. The number of methoxy groups -OCH3 is 2. The predicted octanol–water partition coefficient (Wildman–Crippen LogP) is 2.11. The lowest BCUT2D eigenvalue weighted by Gasteiger charge is -2.11. The van der Waals surface area contributed by atoms with E-state index in [-0.39, 0.29) is 28.1 Å². The van der Waals surface area contributed by atoms with E-state index in [1.807, 2.05) is 0 Å². The van der Waals surface area contributed by atoms with E-state index in [0.29, 0.717) is 0 Å². The van der Waals surface area contributed by atoms with E-state index >= 15 is 0 Å². The first-order valence-electron chi connectivity index (χ1n) is 7.71. The number of hydrogen-bond donors (Lipinski definition) is 1. The molecule has 0 saturated carbocycles. The van der Waals surface area contributed by atoms with Gasteiger partial charge < -0.3 is 9.47 Å². The number of nitrogens with zero attached hydrogens (tertiary/aromatic N) is 1. The van der Waals surface area contributed by atoms with Crippen LogP contribution in [0.5, 0.6) is 0 Å². The highest BCUT2D eigenvalue weighted by Crippen LogP contribution is 2.23. The van der Waals surface area contributed by atoms with E-state index in [9.17, 15) is 28.1 Å². The van der Waals surface area contributed by atoms with Crippen molar-refractivity contribution < 1.29 is 32.4 Å². The molecule has 0 amide bonds. The Labute approximate surface area is 160 Å². The fourth-order valence-corrected chi connectivity index (χ4v) is 3.59. The molecule has 148 valence electrons. The Balaban J connectivity index is 2.39. The average molecular weight is 408 g/mol. The number of nitro benzene ring substituents is 1. The van der Waals surface area contributed by atoms with Crippen molar-refractivity contribution in [2.75, 3.05) is 18.9 Å². The van der Waals surface area contributed by atoms with E-state index in [4.69, 9.17) is 0 Å². The van der Waals surface area contributed by atoms with Crippen molar-refractivity contribution in [3.63, 3.8) is 0 Å². The number of ether oxygens (including phenoxy) is 2. The van der Waals surface area contributed by atoms with Crippen LogP contribution in [0.15, 0.2) is 42.5 Å². The normalized spacial score (nSPS) is 10.8. The van der Waals surface area contributed by atoms with Gasteiger partial charge in [0.1, 0.15) is 5.75 Å². The molecule has 11 heteroatoms. The van der Waals surface area contributed by atoms with Crippen molar-refractivity contribution >= 4 is 33.3 Å². The third-order valence-corrected chi connectivity index (χ3v) is 4.82. The van der Waals surface area contributed by atoms with Gasteiger partial charge in [-0.2, -0.15) is 0 Å². The summed E-state index contributed by atoms with van der Waals surface area (Å²) < 4.78 is 36.3. The lowest BCUT2D eigenvalue weighted by molar-refractivity contribution is -0.385. The summed E-state index contributed by atoms with van der Waals surface area (Å²) in [5.41, 5.74) is -0.604. The second kappa shape index (κ2) is 8.48. The molecule has 0 spiro atoms.